The zero-order valence-electron chi connectivity index (χ0n) is 11.4. The highest BCUT2D eigenvalue weighted by atomic mass is 16.3. The molecule has 2 aromatic rings. The largest absolute Gasteiger partial charge is 0.451 e. The lowest BCUT2D eigenvalue weighted by molar-refractivity contribution is 0.0909. The van der Waals surface area contributed by atoms with Crippen molar-refractivity contribution in [2.75, 3.05) is 6.54 Å². The minimum absolute atomic E-state index is 0.196. The lowest BCUT2D eigenvalue weighted by Crippen LogP contribution is -2.47. The quantitative estimate of drug-likeness (QED) is 0.750. The summed E-state index contributed by atoms with van der Waals surface area (Å²) in [4.78, 5) is 23.3. The highest BCUT2D eigenvalue weighted by Crippen LogP contribution is 2.24. The predicted molar refractivity (Wildman–Crippen MR) is 75.2 cm³/mol. The Labute approximate surface area is 116 Å². The molecule has 0 bridgehead atoms. The lowest BCUT2D eigenvalue weighted by Gasteiger charge is -2.07. The van der Waals surface area contributed by atoms with Crippen LogP contribution in [-0.2, 0) is 0 Å². The van der Waals surface area contributed by atoms with Crippen molar-refractivity contribution in [3.8, 4) is 0 Å². The van der Waals surface area contributed by atoms with Crippen molar-refractivity contribution in [1.82, 2.24) is 16.2 Å². The average molecular weight is 275 g/mol. The Morgan fingerprint density at radius 1 is 1.20 bits per heavy atom. The molecule has 0 fully saturated rings. The van der Waals surface area contributed by atoms with E-state index in [-0.39, 0.29) is 5.76 Å². The summed E-state index contributed by atoms with van der Waals surface area (Å²) in [5.41, 5.74) is 5.98. The summed E-state index contributed by atoms with van der Waals surface area (Å²) in [5.74, 6) is -0.285. The van der Waals surface area contributed by atoms with Crippen LogP contribution in [0.5, 0.6) is 0 Å². The van der Waals surface area contributed by atoms with Crippen LogP contribution < -0.4 is 16.2 Å². The molecule has 0 saturated heterocycles. The third-order valence-electron chi connectivity index (χ3n) is 2.88. The number of carbonyl (C=O) groups excluding carboxylic acids is 2. The third-order valence-corrected chi connectivity index (χ3v) is 2.88. The molecule has 0 aliphatic rings. The van der Waals surface area contributed by atoms with E-state index in [0.717, 1.165) is 17.4 Å². The van der Waals surface area contributed by atoms with Gasteiger partial charge in [0.15, 0.2) is 5.76 Å². The van der Waals surface area contributed by atoms with E-state index in [4.69, 9.17) is 4.42 Å². The molecule has 1 aromatic heterocycles. The van der Waals surface area contributed by atoms with E-state index in [1.54, 1.807) is 13.0 Å². The van der Waals surface area contributed by atoms with Gasteiger partial charge in [0.25, 0.3) is 0 Å². The maximum Gasteiger partial charge on any atom is 0.333 e. The first kappa shape index (κ1) is 13.9. The van der Waals surface area contributed by atoms with Gasteiger partial charge in [0.2, 0.25) is 0 Å². The second-order valence-electron chi connectivity index (χ2n) is 4.39. The predicted octanol–water partition coefficient (Wildman–Crippen LogP) is 2.10. The van der Waals surface area contributed by atoms with Crippen molar-refractivity contribution in [1.29, 1.82) is 0 Å². The normalized spacial score (nSPS) is 10.3. The number of carbonyl (C=O) groups is 2. The van der Waals surface area contributed by atoms with E-state index in [9.17, 15) is 9.59 Å². The van der Waals surface area contributed by atoms with Crippen LogP contribution in [-0.4, -0.2) is 18.5 Å². The molecule has 6 nitrogen and oxygen atoms in total. The van der Waals surface area contributed by atoms with Gasteiger partial charge in [-0.05, 0) is 19.4 Å². The van der Waals surface area contributed by atoms with Crippen molar-refractivity contribution in [3.63, 3.8) is 0 Å². The maximum atomic E-state index is 12.0. The fraction of sp³-hybridized carbons (Fsp3) is 0.286. The van der Waals surface area contributed by atoms with Crippen LogP contribution in [0.2, 0.25) is 0 Å². The molecule has 106 valence electrons. The Hall–Kier alpha value is -2.50. The number of benzene rings is 1. The molecular weight excluding hydrogens is 258 g/mol. The number of amides is 3. The van der Waals surface area contributed by atoms with Crippen LogP contribution in [0.1, 0.15) is 29.5 Å². The van der Waals surface area contributed by atoms with Crippen LogP contribution >= 0.6 is 0 Å². The van der Waals surface area contributed by atoms with Gasteiger partial charge in [-0.3, -0.25) is 10.2 Å². The molecule has 0 aliphatic heterocycles. The molecule has 3 N–H and O–H groups in total. The van der Waals surface area contributed by atoms with E-state index in [0.29, 0.717) is 12.1 Å². The van der Waals surface area contributed by atoms with Crippen LogP contribution in [0.4, 0.5) is 4.79 Å². The van der Waals surface area contributed by atoms with E-state index >= 15 is 0 Å². The van der Waals surface area contributed by atoms with Gasteiger partial charge < -0.3 is 9.73 Å². The maximum absolute atomic E-state index is 12.0. The molecule has 6 heteroatoms. The summed E-state index contributed by atoms with van der Waals surface area (Å²) in [6, 6.07) is 6.94. The van der Waals surface area contributed by atoms with Gasteiger partial charge in [-0.25, -0.2) is 10.2 Å². The number of rotatable bonds is 3. The second kappa shape index (κ2) is 6.10. The van der Waals surface area contributed by atoms with Crippen LogP contribution in [0, 0.1) is 6.92 Å². The molecule has 20 heavy (non-hydrogen) atoms. The van der Waals surface area contributed by atoms with Gasteiger partial charge in [-0.15, -0.1) is 0 Å². The first-order valence-electron chi connectivity index (χ1n) is 6.45. The number of hydrazine groups is 1. The Kier molecular flexibility index (Phi) is 4.24. The SMILES string of the molecule is CCCNC(=O)NNC(=O)c1oc2ccccc2c1C. The van der Waals surface area contributed by atoms with Gasteiger partial charge in [-0.2, -0.15) is 0 Å². The smallest absolute Gasteiger partial charge is 0.333 e. The number of fused-ring (bicyclic) bond motifs is 1. The summed E-state index contributed by atoms with van der Waals surface area (Å²) in [7, 11) is 0. The first-order chi connectivity index (χ1) is 9.63. The van der Waals surface area contributed by atoms with Gasteiger partial charge in [0, 0.05) is 17.5 Å². The minimum atomic E-state index is -0.481. The van der Waals surface area contributed by atoms with Crippen molar-refractivity contribution in [2.45, 2.75) is 20.3 Å². The van der Waals surface area contributed by atoms with Gasteiger partial charge in [0.05, 0.1) is 0 Å². The highest BCUT2D eigenvalue weighted by Gasteiger charge is 2.17. The number of hydrogen-bond acceptors (Lipinski definition) is 3. The topological polar surface area (TPSA) is 83.4 Å². The van der Waals surface area contributed by atoms with Crippen molar-refractivity contribution < 1.29 is 14.0 Å². The number of hydrogen-bond donors (Lipinski definition) is 3. The summed E-state index contributed by atoms with van der Waals surface area (Å²) in [6.07, 6.45) is 0.823. The lowest BCUT2D eigenvalue weighted by atomic mass is 10.1. The zero-order chi connectivity index (χ0) is 14.5. The number of nitrogens with one attached hydrogen (secondary N) is 3. The zero-order valence-corrected chi connectivity index (χ0v) is 11.4. The summed E-state index contributed by atoms with van der Waals surface area (Å²) < 4.78 is 5.49. The van der Waals surface area contributed by atoms with Crippen molar-refractivity contribution >= 4 is 22.9 Å². The Morgan fingerprint density at radius 2 is 1.95 bits per heavy atom. The van der Waals surface area contributed by atoms with E-state index < -0.39 is 11.9 Å². The average Bonchev–Trinajstić information content (AvgIpc) is 2.80. The van der Waals surface area contributed by atoms with Crippen molar-refractivity contribution in [3.05, 3.63) is 35.6 Å². The molecule has 2 rings (SSSR count). The Balaban J connectivity index is 2.04. The van der Waals surface area contributed by atoms with Gasteiger partial charge in [-0.1, -0.05) is 25.1 Å². The molecule has 3 amide bonds. The third kappa shape index (κ3) is 2.90. The summed E-state index contributed by atoms with van der Waals surface area (Å²) in [6.45, 7) is 4.29. The van der Waals surface area contributed by atoms with Crippen LogP contribution in [0.25, 0.3) is 11.0 Å². The first-order valence-corrected chi connectivity index (χ1v) is 6.45. The van der Waals surface area contributed by atoms with Gasteiger partial charge in [0.1, 0.15) is 5.58 Å². The standard InChI is InChI=1S/C14H17N3O3/c1-3-8-15-14(19)17-16-13(18)12-9(2)10-6-4-5-7-11(10)20-12/h4-7H,3,8H2,1-2H3,(H,16,18)(H2,15,17,19). The Morgan fingerprint density at radius 3 is 2.65 bits per heavy atom. The van der Waals surface area contributed by atoms with E-state index in [2.05, 4.69) is 16.2 Å². The molecule has 0 aliphatic carbocycles. The number of furan rings is 1. The molecular formula is C14H17N3O3. The molecule has 0 spiro atoms. The van der Waals surface area contributed by atoms with Crippen LogP contribution in [0.15, 0.2) is 28.7 Å². The van der Waals surface area contributed by atoms with E-state index in [1.165, 1.54) is 0 Å². The van der Waals surface area contributed by atoms with Crippen LogP contribution in [0.3, 0.4) is 0 Å². The summed E-state index contributed by atoms with van der Waals surface area (Å²) >= 11 is 0. The molecule has 0 radical (unpaired) electrons. The molecule has 0 unspecified atom stereocenters. The van der Waals surface area contributed by atoms with E-state index in [1.807, 2.05) is 25.1 Å². The number of aryl methyl sites for hydroxylation is 1. The van der Waals surface area contributed by atoms with Crippen molar-refractivity contribution in [2.24, 2.45) is 0 Å². The number of urea groups is 1. The molecule has 1 aromatic carbocycles. The fourth-order valence-electron chi connectivity index (χ4n) is 1.84. The second-order valence-corrected chi connectivity index (χ2v) is 4.39. The highest BCUT2D eigenvalue weighted by molar-refractivity contribution is 5.99. The fourth-order valence-corrected chi connectivity index (χ4v) is 1.84. The van der Waals surface area contributed by atoms with Gasteiger partial charge >= 0.3 is 11.9 Å². The molecule has 0 atom stereocenters. The monoisotopic (exact) mass is 275 g/mol. The number of para-hydroxylation sites is 1. The Bertz CT molecular complexity index is 634. The minimum Gasteiger partial charge on any atom is -0.451 e. The molecule has 1 heterocycles. The summed E-state index contributed by atoms with van der Waals surface area (Å²) in [5, 5.41) is 3.47. The molecule has 0 saturated carbocycles.